The molecule has 0 radical (unpaired) electrons. The second-order valence-corrected chi connectivity index (χ2v) is 8.82. The van der Waals surface area contributed by atoms with Crippen LogP contribution in [0.3, 0.4) is 0 Å². The van der Waals surface area contributed by atoms with Crippen LogP contribution < -0.4 is 16.4 Å². The second kappa shape index (κ2) is 7.98. The monoisotopic (exact) mass is 424 g/mol. The van der Waals surface area contributed by atoms with Crippen LogP contribution in [0, 0.1) is 17.0 Å². The highest BCUT2D eigenvalue weighted by Crippen LogP contribution is 2.42. The molecular formula is C21H24N6O2S. The smallest absolute Gasteiger partial charge is 0.272 e. The molecule has 0 amide bonds. The van der Waals surface area contributed by atoms with Crippen LogP contribution in [-0.2, 0) is 0 Å². The third kappa shape index (κ3) is 3.97. The number of nitro benzene ring substituents is 1. The average molecular weight is 425 g/mol. The van der Waals surface area contributed by atoms with Gasteiger partial charge in [0.15, 0.2) is 0 Å². The summed E-state index contributed by atoms with van der Waals surface area (Å²) in [5, 5.41) is 11.7. The number of aryl methyl sites for hydroxylation is 1. The van der Waals surface area contributed by atoms with Gasteiger partial charge in [-0.15, -0.1) is 0 Å². The summed E-state index contributed by atoms with van der Waals surface area (Å²) in [7, 11) is 0. The fourth-order valence-electron chi connectivity index (χ4n) is 4.10. The van der Waals surface area contributed by atoms with E-state index in [9.17, 15) is 10.1 Å². The number of nitrogens with zero attached hydrogens (tertiary/aromatic N) is 4. The van der Waals surface area contributed by atoms with Gasteiger partial charge in [0.1, 0.15) is 5.66 Å². The molecule has 2 aliphatic rings. The van der Waals surface area contributed by atoms with Crippen LogP contribution in [0.5, 0.6) is 0 Å². The van der Waals surface area contributed by atoms with E-state index in [1.807, 2.05) is 42.2 Å². The predicted octanol–water partition coefficient (Wildman–Crippen LogP) is 4.16. The lowest BCUT2D eigenvalue weighted by Crippen LogP contribution is -2.58. The molecule has 1 aliphatic carbocycles. The number of nitrogens with two attached hydrogens (primary N) is 2. The largest absolute Gasteiger partial charge is 0.369 e. The minimum Gasteiger partial charge on any atom is -0.369 e. The minimum absolute atomic E-state index is 0.00314. The molecule has 8 nitrogen and oxygen atoms in total. The maximum Gasteiger partial charge on any atom is 0.272 e. The zero-order valence-corrected chi connectivity index (χ0v) is 17.6. The Morgan fingerprint density at radius 2 is 1.77 bits per heavy atom. The Kier molecular flexibility index (Phi) is 5.38. The number of hydrogen-bond donors (Lipinski definition) is 2. The lowest BCUT2D eigenvalue weighted by molar-refractivity contribution is -0.385. The van der Waals surface area contributed by atoms with E-state index >= 15 is 0 Å². The van der Waals surface area contributed by atoms with Crippen molar-refractivity contribution < 1.29 is 4.92 Å². The SMILES string of the molecule is Cc1ccc(Sc2cc(N3C(N)=NC(N)=NC34CCCCC4)cc([N+](=O)[O-])c2)cc1. The average Bonchev–Trinajstić information content (AvgIpc) is 2.69. The number of guanidine groups is 2. The Hall–Kier alpha value is -3.07. The van der Waals surface area contributed by atoms with Crippen LogP contribution in [0.2, 0.25) is 0 Å². The van der Waals surface area contributed by atoms with E-state index in [1.54, 1.807) is 6.07 Å². The molecule has 4 N–H and O–H groups in total. The molecule has 2 aromatic carbocycles. The van der Waals surface area contributed by atoms with E-state index in [0.717, 1.165) is 47.5 Å². The van der Waals surface area contributed by atoms with E-state index in [4.69, 9.17) is 11.5 Å². The molecule has 4 rings (SSSR count). The number of non-ortho nitro benzene ring substituents is 1. The molecule has 30 heavy (non-hydrogen) atoms. The molecule has 0 atom stereocenters. The molecule has 0 bridgehead atoms. The maximum atomic E-state index is 11.7. The first-order chi connectivity index (χ1) is 14.4. The van der Waals surface area contributed by atoms with E-state index in [2.05, 4.69) is 9.98 Å². The molecule has 1 aliphatic heterocycles. The van der Waals surface area contributed by atoms with Crippen molar-refractivity contribution in [3.63, 3.8) is 0 Å². The van der Waals surface area contributed by atoms with Crippen molar-refractivity contribution in [2.45, 2.75) is 54.5 Å². The second-order valence-electron chi connectivity index (χ2n) is 7.68. The molecule has 0 aromatic heterocycles. The molecule has 1 fully saturated rings. The Bertz CT molecular complexity index is 1030. The Labute approximate surface area is 179 Å². The van der Waals surface area contributed by atoms with Gasteiger partial charge in [0.25, 0.3) is 5.69 Å². The van der Waals surface area contributed by atoms with Crippen molar-refractivity contribution in [3.8, 4) is 0 Å². The third-order valence-electron chi connectivity index (χ3n) is 5.45. The zero-order valence-electron chi connectivity index (χ0n) is 16.7. The van der Waals surface area contributed by atoms with E-state index in [0.29, 0.717) is 5.69 Å². The van der Waals surface area contributed by atoms with Crippen LogP contribution in [0.25, 0.3) is 0 Å². The molecule has 2 aromatic rings. The zero-order chi connectivity index (χ0) is 21.3. The van der Waals surface area contributed by atoms with Crippen LogP contribution in [-0.4, -0.2) is 22.5 Å². The Morgan fingerprint density at radius 1 is 1.07 bits per heavy atom. The van der Waals surface area contributed by atoms with Gasteiger partial charge in [-0.3, -0.25) is 15.0 Å². The number of aliphatic imine (C=N–C) groups is 2. The fraction of sp³-hybridized carbons (Fsp3) is 0.333. The van der Waals surface area contributed by atoms with Gasteiger partial charge in [0.2, 0.25) is 11.9 Å². The summed E-state index contributed by atoms with van der Waals surface area (Å²) in [6, 6.07) is 13.1. The molecule has 0 unspecified atom stereocenters. The Balaban J connectivity index is 1.78. The summed E-state index contributed by atoms with van der Waals surface area (Å²) in [5.41, 5.74) is 13.4. The minimum atomic E-state index is -0.644. The normalized spacial score (nSPS) is 18.1. The van der Waals surface area contributed by atoms with Crippen LogP contribution in [0.1, 0.15) is 37.7 Å². The van der Waals surface area contributed by atoms with E-state index in [-0.39, 0.29) is 22.5 Å². The van der Waals surface area contributed by atoms with Crippen molar-refractivity contribution in [2.24, 2.45) is 21.5 Å². The lowest BCUT2D eigenvalue weighted by Gasteiger charge is -2.45. The number of hydrogen-bond acceptors (Lipinski definition) is 8. The summed E-state index contributed by atoms with van der Waals surface area (Å²) in [6.07, 6.45) is 4.63. The van der Waals surface area contributed by atoms with Crippen molar-refractivity contribution in [1.82, 2.24) is 0 Å². The molecule has 9 heteroatoms. The lowest BCUT2D eigenvalue weighted by atomic mass is 9.87. The number of nitro groups is 1. The topological polar surface area (TPSA) is 123 Å². The quantitative estimate of drug-likeness (QED) is 0.561. The van der Waals surface area contributed by atoms with E-state index < -0.39 is 5.66 Å². The summed E-state index contributed by atoms with van der Waals surface area (Å²) < 4.78 is 0. The number of benzene rings is 2. The van der Waals surface area contributed by atoms with Crippen molar-refractivity contribution in [3.05, 3.63) is 58.1 Å². The molecule has 1 spiro atoms. The van der Waals surface area contributed by atoms with Crippen molar-refractivity contribution in [1.29, 1.82) is 0 Å². The first-order valence-corrected chi connectivity index (χ1v) is 10.7. The van der Waals surface area contributed by atoms with Crippen LogP contribution in [0.4, 0.5) is 11.4 Å². The number of anilines is 1. The summed E-state index contributed by atoms with van der Waals surface area (Å²) in [6.45, 7) is 2.02. The Morgan fingerprint density at radius 3 is 2.43 bits per heavy atom. The summed E-state index contributed by atoms with van der Waals surface area (Å²) in [4.78, 5) is 23.7. The standard InChI is InChI=1S/C21H24N6O2S/c1-14-5-7-17(8-6-14)30-18-12-15(11-16(13-18)27(28)29)26-20(23)24-19(22)25-21(26)9-3-2-4-10-21/h5-8,11-13H,2-4,9-10H2,1H3,(H4,22,23,24,25). The van der Waals surface area contributed by atoms with Crippen molar-refractivity contribution >= 4 is 35.1 Å². The van der Waals surface area contributed by atoms with Gasteiger partial charge in [-0.05, 0) is 50.8 Å². The van der Waals surface area contributed by atoms with Gasteiger partial charge in [-0.1, -0.05) is 35.9 Å². The molecular weight excluding hydrogens is 400 g/mol. The molecule has 156 valence electrons. The van der Waals surface area contributed by atoms with Gasteiger partial charge in [0, 0.05) is 21.9 Å². The van der Waals surface area contributed by atoms with Gasteiger partial charge in [0.05, 0.1) is 10.6 Å². The first kappa shape index (κ1) is 20.2. The number of rotatable bonds is 4. The van der Waals surface area contributed by atoms with Crippen molar-refractivity contribution in [2.75, 3.05) is 4.90 Å². The van der Waals surface area contributed by atoms with Gasteiger partial charge >= 0.3 is 0 Å². The highest BCUT2D eigenvalue weighted by Gasteiger charge is 2.43. The van der Waals surface area contributed by atoms with E-state index in [1.165, 1.54) is 17.8 Å². The first-order valence-electron chi connectivity index (χ1n) is 9.90. The third-order valence-corrected chi connectivity index (χ3v) is 6.43. The van der Waals surface area contributed by atoms with Gasteiger partial charge in [-0.2, -0.15) is 4.99 Å². The molecule has 1 saturated carbocycles. The van der Waals surface area contributed by atoms with Gasteiger partial charge < -0.3 is 11.5 Å². The fourth-order valence-corrected chi connectivity index (χ4v) is 5.00. The predicted molar refractivity (Wildman–Crippen MR) is 120 cm³/mol. The highest BCUT2D eigenvalue weighted by molar-refractivity contribution is 7.99. The van der Waals surface area contributed by atoms with Crippen LogP contribution in [0.15, 0.2) is 62.2 Å². The molecule has 1 heterocycles. The van der Waals surface area contributed by atoms with Gasteiger partial charge in [-0.25, -0.2) is 4.99 Å². The molecule has 0 saturated heterocycles. The maximum absolute atomic E-state index is 11.7. The summed E-state index contributed by atoms with van der Waals surface area (Å²) >= 11 is 1.47. The summed E-state index contributed by atoms with van der Waals surface area (Å²) in [5.74, 6) is 0.376. The van der Waals surface area contributed by atoms with Crippen LogP contribution >= 0.6 is 11.8 Å². The highest BCUT2D eigenvalue weighted by atomic mass is 32.2.